The van der Waals surface area contributed by atoms with Gasteiger partial charge in [-0.2, -0.15) is 13.2 Å². The van der Waals surface area contributed by atoms with E-state index in [1.54, 1.807) is 38.0 Å². The topological polar surface area (TPSA) is 80.1 Å². The number of hydrogen-bond acceptors (Lipinski definition) is 6. The van der Waals surface area contributed by atoms with E-state index in [0.717, 1.165) is 11.1 Å². The first kappa shape index (κ1) is 24.0. The Kier molecular flexibility index (Phi) is 8.35. The van der Waals surface area contributed by atoms with Crippen LogP contribution in [0.15, 0.2) is 24.3 Å². The second-order valence-electron chi connectivity index (χ2n) is 6.90. The van der Waals surface area contributed by atoms with E-state index in [0.29, 0.717) is 46.5 Å². The van der Waals surface area contributed by atoms with Crippen LogP contribution < -0.4 is 24.1 Å². The number of rotatable bonds is 7. The van der Waals surface area contributed by atoms with Crippen LogP contribution in [0.4, 0.5) is 13.2 Å². The van der Waals surface area contributed by atoms with Crippen LogP contribution in [0.3, 0.4) is 0 Å². The maximum Gasteiger partial charge on any atom is 0.430 e. The average molecular weight is 506 g/mol. The molecule has 0 spiro atoms. The number of fused-ring (bicyclic) bond motifs is 1. The van der Waals surface area contributed by atoms with E-state index in [2.05, 4.69) is 0 Å². The van der Waals surface area contributed by atoms with Crippen molar-refractivity contribution in [3.63, 3.8) is 0 Å². The lowest BCUT2D eigenvalue weighted by Gasteiger charge is -2.16. The molecule has 7 nitrogen and oxygen atoms in total. The maximum absolute atomic E-state index is 10.5. The van der Waals surface area contributed by atoms with E-state index in [1.165, 1.54) is 7.11 Å². The summed E-state index contributed by atoms with van der Waals surface area (Å²) in [6.07, 6.45) is -2.56. The lowest BCUT2D eigenvalue weighted by atomic mass is 10.0. The van der Waals surface area contributed by atoms with Gasteiger partial charge in [0.2, 0.25) is 0 Å². The van der Waals surface area contributed by atoms with Crippen LogP contribution >= 0.6 is 11.6 Å². The zero-order chi connectivity index (χ0) is 27.3. The molecule has 0 atom stereocenters. The minimum atomic E-state index is -5.19. The van der Waals surface area contributed by atoms with Gasteiger partial charge >= 0.3 is 6.18 Å². The van der Waals surface area contributed by atoms with E-state index in [9.17, 15) is 13.2 Å². The third kappa shape index (κ3) is 6.93. The molecule has 1 heterocycles. The van der Waals surface area contributed by atoms with Crippen LogP contribution in [-0.2, 0) is 17.6 Å². The van der Waals surface area contributed by atoms with E-state index in [-0.39, 0.29) is 6.42 Å². The quantitative estimate of drug-likeness (QED) is 0.538. The number of carboxylic acid groups (broad SMARTS) is 1. The SMILES string of the molecule is O=C([O-])C(F)(F)F.[2H]C([2H])(Cc1cc(OC)c(OC)cc1Cl)[N+]1=Cc2cc(OC)c(OC)cc2CC1. The van der Waals surface area contributed by atoms with Gasteiger partial charge in [-0.3, -0.25) is 0 Å². The number of nitrogens with zero attached hydrogens (tertiary/aromatic N) is 1. The predicted molar refractivity (Wildman–Crippen MR) is 118 cm³/mol. The molecule has 11 heteroatoms. The summed E-state index contributed by atoms with van der Waals surface area (Å²) in [6.45, 7) is -1.10. The normalized spacial score (nSPS) is 13.8. The molecule has 0 radical (unpaired) electrons. The molecule has 186 valence electrons. The number of carbonyl (C=O) groups excluding carboxylic acids is 1. The number of carbonyl (C=O) groups is 1. The van der Waals surface area contributed by atoms with Crippen LogP contribution in [0.1, 0.15) is 19.4 Å². The molecule has 0 saturated carbocycles. The largest absolute Gasteiger partial charge is 0.542 e. The van der Waals surface area contributed by atoms with Crippen LogP contribution in [0.5, 0.6) is 23.0 Å². The fraction of sp³-hybridized carbons (Fsp3) is 0.391. The molecule has 0 unspecified atom stereocenters. The van der Waals surface area contributed by atoms with Crippen molar-refractivity contribution in [2.45, 2.75) is 19.0 Å². The summed E-state index contributed by atoms with van der Waals surface area (Å²) < 4.78 is 71.9. The maximum atomic E-state index is 10.5. The first-order valence-electron chi connectivity index (χ1n) is 10.8. The van der Waals surface area contributed by atoms with Crippen LogP contribution in [0.25, 0.3) is 0 Å². The Bertz CT molecular complexity index is 1140. The van der Waals surface area contributed by atoms with Gasteiger partial charge in [0.1, 0.15) is 21.8 Å². The summed E-state index contributed by atoms with van der Waals surface area (Å²) in [5, 5.41) is 9.22. The summed E-state index contributed by atoms with van der Waals surface area (Å²) in [5.41, 5.74) is 2.66. The zero-order valence-electron chi connectivity index (χ0n) is 20.9. The highest BCUT2D eigenvalue weighted by Crippen LogP contribution is 2.34. The Morgan fingerprint density at radius 3 is 2.06 bits per heavy atom. The number of ether oxygens (including phenoxy) is 4. The van der Waals surface area contributed by atoms with Crippen LogP contribution in [0, 0.1) is 0 Å². The molecule has 2 aromatic rings. The fourth-order valence-corrected chi connectivity index (χ4v) is 3.31. The van der Waals surface area contributed by atoms with Gasteiger partial charge in [-0.15, -0.1) is 0 Å². The standard InChI is InChI=1S/C21H25ClNO4.C2HF3O2/c1-24-18-9-14-5-7-23(13-16(14)11-20(18)26-3)8-6-15-10-19(25-2)21(27-4)12-17(15)22;3-2(4,5)1(6)7/h9-13H,5-8H2,1-4H3;(H,6,7)/q+1;/p-1/i8D2;. The molecule has 2 aromatic carbocycles. The minimum absolute atomic E-state index is 0.102. The number of aryl methyl sites for hydroxylation is 1. The lowest BCUT2D eigenvalue weighted by molar-refractivity contribution is -0.523. The highest BCUT2D eigenvalue weighted by molar-refractivity contribution is 6.31. The smallest absolute Gasteiger partial charge is 0.430 e. The Labute approximate surface area is 203 Å². The molecule has 0 fully saturated rings. The molecule has 0 bridgehead atoms. The first-order chi connectivity index (χ1) is 16.8. The summed E-state index contributed by atoms with van der Waals surface area (Å²) in [4.78, 5) is 8.78. The fourth-order valence-electron chi connectivity index (χ4n) is 3.09. The van der Waals surface area contributed by atoms with Crippen molar-refractivity contribution < 1.29 is 49.3 Å². The van der Waals surface area contributed by atoms with E-state index in [4.69, 9.17) is 43.2 Å². The van der Waals surface area contributed by atoms with Crippen LogP contribution in [0.2, 0.25) is 5.02 Å². The van der Waals surface area contributed by atoms with Crippen molar-refractivity contribution in [2.24, 2.45) is 0 Å². The van der Waals surface area contributed by atoms with Gasteiger partial charge in [-0.1, -0.05) is 11.6 Å². The van der Waals surface area contributed by atoms with E-state index in [1.807, 2.05) is 18.3 Å². The number of halogens is 4. The summed E-state index contributed by atoms with van der Waals surface area (Å²) >= 11 is 6.37. The molecule has 0 saturated heterocycles. The Morgan fingerprint density at radius 2 is 1.53 bits per heavy atom. The van der Waals surface area contributed by atoms with Gasteiger partial charge in [0.25, 0.3) is 0 Å². The lowest BCUT2D eigenvalue weighted by Crippen LogP contribution is -2.37. The van der Waals surface area contributed by atoms with Crippen molar-refractivity contribution in [1.29, 1.82) is 0 Å². The predicted octanol–water partition coefficient (Wildman–Crippen LogP) is 2.90. The molecule has 0 N–H and O–H groups in total. The third-order valence-electron chi connectivity index (χ3n) is 4.82. The van der Waals surface area contributed by atoms with Gasteiger partial charge in [0.05, 0.1) is 28.4 Å². The molecular weight excluding hydrogens is 479 g/mol. The van der Waals surface area contributed by atoms with Gasteiger partial charge in [0.15, 0.2) is 29.2 Å². The average Bonchev–Trinajstić information content (AvgIpc) is 2.83. The van der Waals surface area contributed by atoms with Gasteiger partial charge < -0.3 is 28.8 Å². The monoisotopic (exact) mass is 505 g/mol. The van der Waals surface area contributed by atoms with Gasteiger partial charge in [-0.05, 0) is 29.3 Å². The first-order valence-corrected chi connectivity index (χ1v) is 10.2. The molecule has 1 aliphatic heterocycles. The Hall–Kier alpha value is -3.14. The number of aliphatic carboxylic acids is 1. The van der Waals surface area contributed by atoms with Crippen molar-refractivity contribution >= 4 is 23.8 Å². The number of hydrogen-bond donors (Lipinski definition) is 0. The molecule has 0 amide bonds. The minimum Gasteiger partial charge on any atom is -0.542 e. The van der Waals surface area contributed by atoms with E-state index < -0.39 is 18.6 Å². The molecule has 3 rings (SSSR count). The van der Waals surface area contributed by atoms with Gasteiger partial charge in [-0.25, -0.2) is 4.58 Å². The third-order valence-corrected chi connectivity index (χ3v) is 5.17. The molecule has 0 aromatic heterocycles. The molecule has 1 aliphatic rings. The Balaban J connectivity index is 0.000000572. The van der Waals surface area contributed by atoms with Crippen molar-refractivity contribution in [1.82, 2.24) is 0 Å². The zero-order valence-corrected chi connectivity index (χ0v) is 19.7. The molecule has 0 aliphatic carbocycles. The van der Waals surface area contributed by atoms with Crippen molar-refractivity contribution in [3.05, 3.63) is 46.0 Å². The number of carboxylic acids is 1. The number of methoxy groups -OCH3 is 4. The highest BCUT2D eigenvalue weighted by Gasteiger charge is 2.28. The highest BCUT2D eigenvalue weighted by atomic mass is 35.5. The van der Waals surface area contributed by atoms with Crippen molar-refractivity contribution in [3.8, 4) is 23.0 Å². The summed E-state index contributed by atoms with van der Waals surface area (Å²) in [7, 11) is 6.27. The molecule has 34 heavy (non-hydrogen) atoms. The van der Waals surface area contributed by atoms with Gasteiger partial charge in [0, 0.05) is 29.5 Å². The summed E-state index contributed by atoms with van der Waals surface area (Å²) in [6, 6.07) is 7.20. The number of benzene rings is 2. The second-order valence-corrected chi connectivity index (χ2v) is 7.30. The Morgan fingerprint density at radius 1 is 1.03 bits per heavy atom. The van der Waals surface area contributed by atoms with Crippen molar-refractivity contribution in [2.75, 3.05) is 41.5 Å². The second kappa shape index (κ2) is 11.8. The number of alkyl halides is 3. The summed E-state index contributed by atoms with van der Waals surface area (Å²) in [5.74, 6) is -0.678. The molecular formula is C23H25ClF3NO6. The van der Waals surface area contributed by atoms with Crippen LogP contribution in [-0.4, -0.2) is 64.4 Å². The van der Waals surface area contributed by atoms with E-state index >= 15 is 0 Å².